The topological polar surface area (TPSA) is 49.0 Å². The first-order valence-corrected chi connectivity index (χ1v) is 11.1. The van der Waals surface area contributed by atoms with E-state index >= 15 is 0 Å². The highest BCUT2D eigenvalue weighted by Crippen LogP contribution is 2.26. The summed E-state index contributed by atoms with van der Waals surface area (Å²) in [6.45, 7) is 5.47. The SMILES string of the molecule is Cc1cccc2c(=O)[nH]c(CSC3CCN(CCc4ccccc4)CC3)nc12. The Labute approximate surface area is 170 Å². The van der Waals surface area contributed by atoms with E-state index in [1.165, 1.54) is 18.4 Å². The van der Waals surface area contributed by atoms with E-state index in [4.69, 9.17) is 4.98 Å². The third kappa shape index (κ3) is 4.65. The number of hydrogen-bond donors (Lipinski definition) is 1. The van der Waals surface area contributed by atoms with Crippen LogP contribution in [-0.4, -0.2) is 39.8 Å². The number of H-pyrrole nitrogens is 1. The highest BCUT2D eigenvalue weighted by molar-refractivity contribution is 7.99. The normalized spacial score (nSPS) is 15.9. The van der Waals surface area contributed by atoms with Crippen LogP contribution < -0.4 is 5.56 Å². The summed E-state index contributed by atoms with van der Waals surface area (Å²) in [6, 6.07) is 16.5. The first-order valence-electron chi connectivity index (χ1n) is 10.1. The molecule has 0 atom stereocenters. The molecule has 1 fully saturated rings. The highest BCUT2D eigenvalue weighted by atomic mass is 32.2. The summed E-state index contributed by atoms with van der Waals surface area (Å²) in [5.41, 5.74) is 3.28. The van der Waals surface area contributed by atoms with Gasteiger partial charge in [0.2, 0.25) is 0 Å². The predicted molar refractivity (Wildman–Crippen MR) is 118 cm³/mol. The summed E-state index contributed by atoms with van der Waals surface area (Å²) in [6.07, 6.45) is 3.53. The number of nitrogens with zero attached hydrogens (tertiary/aromatic N) is 2. The standard InChI is InChI=1S/C23H27N3OS/c1-17-6-5-9-20-22(17)24-21(25-23(20)27)16-28-19-11-14-26(15-12-19)13-10-18-7-3-2-4-8-18/h2-9,19H,10-16H2,1H3,(H,24,25,27). The van der Waals surface area contributed by atoms with Crippen LogP contribution >= 0.6 is 11.8 Å². The van der Waals surface area contributed by atoms with Crippen molar-refractivity contribution >= 4 is 22.7 Å². The Bertz CT molecular complexity index is 978. The molecule has 0 spiro atoms. The van der Waals surface area contributed by atoms with E-state index in [2.05, 4.69) is 40.2 Å². The zero-order valence-corrected chi connectivity index (χ0v) is 17.2. The lowest BCUT2D eigenvalue weighted by Gasteiger charge is -2.31. The summed E-state index contributed by atoms with van der Waals surface area (Å²) < 4.78 is 0. The fraction of sp³-hybridized carbons (Fsp3) is 0.391. The molecule has 0 saturated carbocycles. The third-order valence-electron chi connectivity index (χ3n) is 5.54. The molecule has 1 aliphatic rings. The largest absolute Gasteiger partial charge is 0.309 e. The fourth-order valence-electron chi connectivity index (χ4n) is 3.85. The van der Waals surface area contributed by atoms with Crippen molar-refractivity contribution in [2.75, 3.05) is 19.6 Å². The molecule has 4 rings (SSSR count). The molecule has 1 saturated heterocycles. The minimum Gasteiger partial charge on any atom is -0.309 e. The number of nitrogens with one attached hydrogen (secondary N) is 1. The number of aromatic amines is 1. The molecule has 1 aliphatic heterocycles. The lowest BCUT2D eigenvalue weighted by Crippen LogP contribution is -2.36. The van der Waals surface area contributed by atoms with Gasteiger partial charge < -0.3 is 9.88 Å². The first kappa shape index (κ1) is 19.2. The van der Waals surface area contributed by atoms with Crippen LogP contribution in [-0.2, 0) is 12.2 Å². The number of thioether (sulfide) groups is 1. The molecule has 2 heterocycles. The fourth-order valence-corrected chi connectivity index (χ4v) is 4.92. The zero-order chi connectivity index (χ0) is 19.3. The van der Waals surface area contributed by atoms with Crippen molar-refractivity contribution < 1.29 is 0 Å². The van der Waals surface area contributed by atoms with Crippen molar-refractivity contribution in [2.45, 2.75) is 37.2 Å². The molecule has 0 unspecified atom stereocenters. The van der Waals surface area contributed by atoms with Gasteiger partial charge in [-0.3, -0.25) is 4.79 Å². The summed E-state index contributed by atoms with van der Waals surface area (Å²) >= 11 is 1.93. The van der Waals surface area contributed by atoms with Crippen LogP contribution in [0, 0.1) is 6.92 Å². The highest BCUT2D eigenvalue weighted by Gasteiger charge is 2.19. The molecular formula is C23H27N3OS. The van der Waals surface area contributed by atoms with Gasteiger partial charge in [-0.15, -0.1) is 0 Å². The van der Waals surface area contributed by atoms with Gasteiger partial charge in [-0.25, -0.2) is 4.98 Å². The lowest BCUT2D eigenvalue weighted by atomic mass is 10.1. The van der Waals surface area contributed by atoms with E-state index < -0.39 is 0 Å². The number of aromatic nitrogens is 2. The van der Waals surface area contributed by atoms with Crippen LogP contribution in [0.25, 0.3) is 10.9 Å². The van der Waals surface area contributed by atoms with Crippen LogP contribution in [0.3, 0.4) is 0 Å². The van der Waals surface area contributed by atoms with Crippen LogP contribution in [0.5, 0.6) is 0 Å². The summed E-state index contributed by atoms with van der Waals surface area (Å²) in [5, 5.41) is 1.33. The maximum absolute atomic E-state index is 12.3. The number of hydrogen-bond acceptors (Lipinski definition) is 4. The van der Waals surface area contributed by atoms with Crippen molar-refractivity contribution in [3.05, 3.63) is 75.8 Å². The van der Waals surface area contributed by atoms with Gasteiger partial charge in [-0.1, -0.05) is 42.5 Å². The minimum absolute atomic E-state index is 0.0277. The average Bonchev–Trinajstić information content (AvgIpc) is 2.73. The quantitative estimate of drug-likeness (QED) is 0.683. The van der Waals surface area contributed by atoms with Gasteiger partial charge in [0.05, 0.1) is 16.7 Å². The summed E-state index contributed by atoms with van der Waals surface area (Å²) in [5.74, 6) is 1.57. The molecule has 28 heavy (non-hydrogen) atoms. The second kappa shape index (κ2) is 8.93. The molecule has 0 aliphatic carbocycles. The number of para-hydroxylation sites is 1. The van der Waals surface area contributed by atoms with Gasteiger partial charge in [-0.05, 0) is 56.5 Å². The third-order valence-corrected chi connectivity index (χ3v) is 6.92. The molecule has 1 aromatic heterocycles. The lowest BCUT2D eigenvalue weighted by molar-refractivity contribution is 0.235. The number of fused-ring (bicyclic) bond motifs is 1. The van der Waals surface area contributed by atoms with Crippen molar-refractivity contribution in [2.24, 2.45) is 0 Å². The zero-order valence-electron chi connectivity index (χ0n) is 16.4. The smallest absolute Gasteiger partial charge is 0.258 e. The molecular weight excluding hydrogens is 366 g/mol. The van der Waals surface area contributed by atoms with Crippen LogP contribution in [0.2, 0.25) is 0 Å². The van der Waals surface area contributed by atoms with E-state index in [9.17, 15) is 4.79 Å². The molecule has 2 aromatic carbocycles. The Morgan fingerprint density at radius 2 is 1.89 bits per heavy atom. The minimum atomic E-state index is -0.0277. The van der Waals surface area contributed by atoms with Gasteiger partial charge in [0.15, 0.2) is 0 Å². The average molecular weight is 394 g/mol. The van der Waals surface area contributed by atoms with E-state index in [1.54, 1.807) is 0 Å². The van der Waals surface area contributed by atoms with Crippen molar-refractivity contribution in [3.63, 3.8) is 0 Å². The van der Waals surface area contributed by atoms with E-state index in [-0.39, 0.29) is 5.56 Å². The molecule has 0 radical (unpaired) electrons. The van der Waals surface area contributed by atoms with Crippen molar-refractivity contribution in [3.8, 4) is 0 Å². The molecule has 5 heteroatoms. The number of benzene rings is 2. The number of likely N-dealkylation sites (tertiary alicyclic amines) is 1. The van der Waals surface area contributed by atoms with Crippen molar-refractivity contribution in [1.29, 1.82) is 0 Å². The summed E-state index contributed by atoms with van der Waals surface area (Å²) in [4.78, 5) is 22.6. The van der Waals surface area contributed by atoms with E-state index in [1.807, 2.05) is 36.9 Å². The van der Waals surface area contributed by atoms with Crippen LogP contribution in [0.4, 0.5) is 0 Å². The Hall–Kier alpha value is -2.11. The van der Waals surface area contributed by atoms with Gasteiger partial charge in [0.25, 0.3) is 5.56 Å². The Morgan fingerprint density at radius 1 is 1.11 bits per heavy atom. The first-order chi connectivity index (χ1) is 13.7. The second-order valence-electron chi connectivity index (χ2n) is 7.57. The summed E-state index contributed by atoms with van der Waals surface area (Å²) in [7, 11) is 0. The molecule has 1 N–H and O–H groups in total. The van der Waals surface area contributed by atoms with Crippen LogP contribution in [0.1, 0.15) is 29.8 Å². The van der Waals surface area contributed by atoms with Gasteiger partial charge in [0, 0.05) is 11.8 Å². The Kier molecular flexibility index (Phi) is 6.13. The van der Waals surface area contributed by atoms with E-state index in [0.29, 0.717) is 10.6 Å². The predicted octanol–water partition coefficient (Wildman–Crippen LogP) is 4.17. The number of rotatable bonds is 6. The Morgan fingerprint density at radius 3 is 2.68 bits per heavy atom. The maximum Gasteiger partial charge on any atom is 0.258 e. The monoisotopic (exact) mass is 393 g/mol. The van der Waals surface area contributed by atoms with Gasteiger partial charge in [0.1, 0.15) is 5.82 Å². The maximum atomic E-state index is 12.3. The molecule has 4 nitrogen and oxygen atoms in total. The number of piperidine rings is 1. The van der Waals surface area contributed by atoms with Crippen molar-refractivity contribution in [1.82, 2.24) is 14.9 Å². The molecule has 0 amide bonds. The Balaban J connectivity index is 1.28. The van der Waals surface area contributed by atoms with Crippen LogP contribution in [0.15, 0.2) is 53.3 Å². The molecule has 146 valence electrons. The second-order valence-corrected chi connectivity index (χ2v) is 8.86. The molecule has 0 bridgehead atoms. The van der Waals surface area contributed by atoms with Gasteiger partial charge in [-0.2, -0.15) is 11.8 Å². The van der Waals surface area contributed by atoms with Gasteiger partial charge >= 0.3 is 0 Å². The van der Waals surface area contributed by atoms with E-state index in [0.717, 1.165) is 48.7 Å². The molecule has 3 aromatic rings. The number of aryl methyl sites for hydroxylation is 1.